The Balaban J connectivity index is 1.22. The fraction of sp³-hybridized carbons (Fsp3) is 0.353. The normalized spacial score (nSPS) is 17.5. The number of amides is 1. The summed E-state index contributed by atoms with van der Waals surface area (Å²) in [6.07, 6.45) is 4.15. The van der Waals surface area contributed by atoms with Gasteiger partial charge in [-0.2, -0.15) is 5.10 Å². The van der Waals surface area contributed by atoms with Crippen molar-refractivity contribution in [2.24, 2.45) is 0 Å². The van der Waals surface area contributed by atoms with E-state index in [1.54, 1.807) is 16.5 Å². The van der Waals surface area contributed by atoms with Crippen molar-refractivity contribution in [2.45, 2.75) is 64.5 Å². The highest BCUT2D eigenvalue weighted by atomic mass is 16.4. The molecule has 2 aliphatic rings. The first kappa shape index (κ1) is 28.6. The molecule has 1 aliphatic carbocycles. The summed E-state index contributed by atoms with van der Waals surface area (Å²) >= 11 is 0. The third kappa shape index (κ3) is 5.52. The van der Waals surface area contributed by atoms with Gasteiger partial charge in [-0.05, 0) is 92.8 Å². The number of aromatic carboxylic acids is 1. The molecule has 1 saturated heterocycles. The number of aryl methyl sites for hydroxylation is 2. The highest BCUT2D eigenvalue weighted by Gasteiger charge is 2.28. The van der Waals surface area contributed by atoms with Gasteiger partial charge in [0.1, 0.15) is 11.7 Å². The van der Waals surface area contributed by atoms with E-state index < -0.39 is 12.1 Å². The van der Waals surface area contributed by atoms with Crippen LogP contribution in [0, 0.1) is 13.8 Å². The summed E-state index contributed by atoms with van der Waals surface area (Å²) in [5.41, 5.74) is 8.71. The van der Waals surface area contributed by atoms with Crippen molar-refractivity contribution < 1.29 is 19.8 Å². The number of anilines is 1. The molecule has 4 aromatic rings. The SMILES string of the molecule is Cc1cc(C2CCN(C(=O)C(C)O)CC2)ccc1NC1CCc2cccc(-c3cccc(-n4ncc(C(=O)O)c4C)n3)c21. The lowest BCUT2D eigenvalue weighted by Crippen LogP contribution is -2.42. The maximum absolute atomic E-state index is 12.2. The molecule has 222 valence electrons. The second-order valence-corrected chi connectivity index (χ2v) is 11.7. The number of nitrogens with zero attached hydrogens (tertiary/aromatic N) is 4. The van der Waals surface area contributed by atoms with Gasteiger partial charge >= 0.3 is 5.97 Å². The second kappa shape index (κ2) is 11.6. The van der Waals surface area contributed by atoms with Crippen LogP contribution in [0.25, 0.3) is 17.1 Å². The number of likely N-dealkylation sites (tertiary alicyclic amines) is 1. The fourth-order valence-corrected chi connectivity index (χ4v) is 6.58. The van der Waals surface area contributed by atoms with E-state index in [-0.39, 0.29) is 17.5 Å². The number of carboxylic acid groups (broad SMARTS) is 1. The number of nitrogens with one attached hydrogen (secondary N) is 1. The van der Waals surface area contributed by atoms with Gasteiger partial charge in [0.25, 0.3) is 5.91 Å². The fourth-order valence-electron chi connectivity index (χ4n) is 6.58. The molecule has 3 N–H and O–H groups in total. The number of carbonyl (C=O) groups excluding carboxylic acids is 1. The van der Waals surface area contributed by atoms with E-state index in [2.05, 4.69) is 53.7 Å². The van der Waals surface area contributed by atoms with Crippen LogP contribution >= 0.6 is 0 Å². The first-order chi connectivity index (χ1) is 20.7. The number of rotatable bonds is 7. The number of carboxylic acids is 1. The summed E-state index contributed by atoms with van der Waals surface area (Å²) < 4.78 is 1.58. The van der Waals surface area contributed by atoms with Gasteiger partial charge < -0.3 is 20.4 Å². The molecule has 9 nitrogen and oxygen atoms in total. The molecule has 2 aromatic heterocycles. The van der Waals surface area contributed by atoms with Crippen molar-refractivity contribution in [3.05, 3.63) is 94.3 Å². The summed E-state index contributed by atoms with van der Waals surface area (Å²) in [6.45, 7) is 6.75. The van der Waals surface area contributed by atoms with Gasteiger partial charge in [-0.1, -0.05) is 36.4 Å². The Morgan fingerprint density at radius 2 is 1.79 bits per heavy atom. The van der Waals surface area contributed by atoms with Crippen LogP contribution in [-0.2, 0) is 11.2 Å². The van der Waals surface area contributed by atoms with Crippen LogP contribution in [0.1, 0.15) is 76.5 Å². The molecule has 0 spiro atoms. The predicted molar refractivity (Wildman–Crippen MR) is 165 cm³/mol. The Morgan fingerprint density at radius 3 is 2.49 bits per heavy atom. The largest absolute Gasteiger partial charge is 0.478 e. The number of piperidine rings is 1. The molecule has 3 heterocycles. The van der Waals surface area contributed by atoms with Crippen molar-refractivity contribution in [3.8, 4) is 17.1 Å². The highest BCUT2D eigenvalue weighted by molar-refractivity contribution is 5.88. The molecule has 2 unspecified atom stereocenters. The number of hydrogen-bond donors (Lipinski definition) is 3. The molecule has 1 amide bonds. The molecule has 2 aromatic carbocycles. The van der Waals surface area contributed by atoms with E-state index in [0.717, 1.165) is 42.6 Å². The van der Waals surface area contributed by atoms with E-state index in [0.29, 0.717) is 30.5 Å². The van der Waals surface area contributed by atoms with Gasteiger partial charge in [0.05, 0.1) is 23.6 Å². The molecule has 9 heteroatoms. The highest BCUT2D eigenvalue weighted by Crippen LogP contribution is 2.41. The first-order valence-corrected chi connectivity index (χ1v) is 14.9. The van der Waals surface area contributed by atoms with E-state index in [1.807, 2.05) is 18.2 Å². The zero-order valence-electron chi connectivity index (χ0n) is 24.7. The van der Waals surface area contributed by atoms with Crippen LogP contribution in [0.5, 0.6) is 0 Å². The summed E-state index contributed by atoms with van der Waals surface area (Å²) in [5.74, 6) is -0.216. The van der Waals surface area contributed by atoms with Gasteiger partial charge in [-0.3, -0.25) is 4.79 Å². The lowest BCUT2D eigenvalue weighted by molar-refractivity contribution is -0.140. The van der Waals surface area contributed by atoms with Gasteiger partial charge in [0.15, 0.2) is 5.82 Å². The van der Waals surface area contributed by atoms with Crippen molar-refractivity contribution in [1.29, 1.82) is 0 Å². The number of aliphatic hydroxyl groups is 1. The number of fused-ring (bicyclic) bond motifs is 1. The van der Waals surface area contributed by atoms with Crippen molar-refractivity contribution in [3.63, 3.8) is 0 Å². The zero-order chi connectivity index (χ0) is 30.2. The summed E-state index contributed by atoms with van der Waals surface area (Å²) in [6, 6.07) is 18.9. The Morgan fingerprint density at radius 1 is 1.02 bits per heavy atom. The van der Waals surface area contributed by atoms with Crippen molar-refractivity contribution in [1.82, 2.24) is 19.7 Å². The molecular formula is C34H37N5O4. The van der Waals surface area contributed by atoms with Gasteiger partial charge in [0, 0.05) is 24.3 Å². The minimum absolute atomic E-state index is 0.126. The second-order valence-electron chi connectivity index (χ2n) is 11.7. The average Bonchev–Trinajstić information content (AvgIpc) is 3.61. The van der Waals surface area contributed by atoms with Crippen LogP contribution in [0.3, 0.4) is 0 Å². The monoisotopic (exact) mass is 579 g/mol. The molecule has 0 radical (unpaired) electrons. The quantitative estimate of drug-likeness (QED) is 0.267. The maximum atomic E-state index is 12.2. The number of aliphatic hydroxyl groups excluding tert-OH is 1. The van der Waals surface area contributed by atoms with Gasteiger partial charge in [-0.15, -0.1) is 0 Å². The zero-order valence-corrected chi connectivity index (χ0v) is 24.7. The standard InChI is InChI=1S/C34H37N5O4/c1-20-18-25(23-14-16-38(17-15-23)33(41)22(3)40)11-12-28(20)36-30-13-10-24-6-4-7-26(32(24)30)29-8-5-9-31(37-29)39-21(2)27(19-35-39)34(42)43/h4-9,11-12,18-19,22-23,30,36,40H,10,13-17H2,1-3H3,(H,42,43). The lowest BCUT2D eigenvalue weighted by atomic mass is 9.88. The minimum atomic E-state index is -1.01. The van der Waals surface area contributed by atoms with Crippen molar-refractivity contribution >= 4 is 17.6 Å². The molecule has 2 atom stereocenters. The molecule has 43 heavy (non-hydrogen) atoms. The number of aromatic nitrogens is 3. The maximum Gasteiger partial charge on any atom is 0.339 e. The lowest BCUT2D eigenvalue weighted by Gasteiger charge is -2.33. The molecule has 0 saturated carbocycles. The van der Waals surface area contributed by atoms with Crippen LogP contribution in [0.4, 0.5) is 5.69 Å². The van der Waals surface area contributed by atoms with E-state index in [9.17, 15) is 19.8 Å². The molecule has 1 fully saturated rings. The minimum Gasteiger partial charge on any atom is -0.478 e. The predicted octanol–water partition coefficient (Wildman–Crippen LogP) is 5.44. The topological polar surface area (TPSA) is 121 Å². The van der Waals surface area contributed by atoms with E-state index in [1.165, 1.54) is 35.4 Å². The van der Waals surface area contributed by atoms with Crippen LogP contribution in [0.2, 0.25) is 0 Å². The van der Waals surface area contributed by atoms with Gasteiger partial charge in [0.2, 0.25) is 0 Å². The van der Waals surface area contributed by atoms with Crippen LogP contribution in [-0.4, -0.2) is 60.9 Å². The number of hydrogen-bond acceptors (Lipinski definition) is 6. The Labute approximate surface area is 251 Å². The first-order valence-electron chi connectivity index (χ1n) is 14.9. The Hall–Kier alpha value is -4.50. The molecule has 6 rings (SSSR count). The van der Waals surface area contributed by atoms with Gasteiger partial charge in [-0.25, -0.2) is 14.5 Å². The summed E-state index contributed by atoms with van der Waals surface area (Å²) in [5, 5.41) is 27.2. The molecule has 1 aliphatic heterocycles. The summed E-state index contributed by atoms with van der Waals surface area (Å²) in [7, 11) is 0. The van der Waals surface area contributed by atoms with Crippen molar-refractivity contribution in [2.75, 3.05) is 18.4 Å². The third-order valence-electron chi connectivity index (χ3n) is 8.93. The number of benzene rings is 2. The Kier molecular flexibility index (Phi) is 7.75. The number of carbonyl (C=O) groups is 2. The molecule has 0 bridgehead atoms. The Bertz CT molecular complexity index is 1690. The van der Waals surface area contributed by atoms with E-state index >= 15 is 0 Å². The smallest absolute Gasteiger partial charge is 0.339 e. The van der Waals surface area contributed by atoms with Crippen LogP contribution < -0.4 is 5.32 Å². The van der Waals surface area contributed by atoms with E-state index in [4.69, 9.17) is 4.98 Å². The average molecular weight is 580 g/mol. The third-order valence-corrected chi connectivity index (χ3v) is 8.93. The number of pyridine rings is 1. The molecular weight excluding hydrogens is 542 g/mol. The summed E-state index contributed by atoms with van der Waals surface area (Å²) in [4.78, 5) is 30.4. The van der Waals surface area contributed by atoms with Crippen LogP contribution in [0.15, 0.2) is 60.8 Å².